The van der Waals surface area contributed by atoms with E-state index >= 15 is 0 Å². The zero-order valence-electron chi connectivity index (χ0n) is 47.9. The number of aromatic nitrogens is 4. The van der Waals surface area contributed by atoms with Gasteiger partial charge < -0.3 is 18.3 Å². The number of para-hydroxylation sites is 8. The zero-order chi connectivity index (χ0) is 55.0. The summed E-state index contributed by atoms with van der Waals surface area (Å²) in [7, 11) is 0. The fraction of sp³-hybridized carbons (Fsp3) is 0. The SMILES string of the molecule is [2H]c1c([2H])c([2H])c2c(c1[2H])c1ccccc1n2-c1c(C#N)c(-n2c3ccccc3c3c([2H])c([2H])c([2H])c([2H])c32)c(-n2c3ccccc3c3c([2H])c([2H])c([2H])c([2H])c32)c(-n2c3ccccc3c3c([2H])c([2H])c([2H])c([2H])c32)c1[N+]#[C-]. The molecule has 6 nitrogen and oxygen atoms in total. The molecule has 0 fully saturated rings. The minimum absolute atomic E-state index is 0.0184. The molecule has 13 aromatic rings. The van der Waals surface area contributed by atoms with Crippen LogP contribution in [-0.4, -0.2) is 18.3 Å². The van der Waals surface area contributed by atoms with Gasteiger partial charge in [-0.3, -0.25) is 0 Å². The molecular formula is C56H32N6. The maximum atomic E-state index is 12.4. The highest BCUT2D eigenvalue weighted by Crippen LogP contribution is 2.51. The number of nitrogens with zero attached hydrogens (tertiary/aromatic N) is 6. The van der Waals surface area contributed by atoms with E-state index in [2.05, 4.69) is 10.9 Å². The Balaban J connectivity index is 1.47. The Kier molecular flexibility index (Phi) is 4.54. The van der Waals surface area contributed by atoms with E-state index in [-0.39, 0.29) is 105 Å². The van der Waals surface area contributed by atoms with Crippen LogP contribution in [0.15, 0.2) is 194 Å². The van der Waals surface area contributed by atoms with Crippen molar-refractivity contribution in [2.45, 2.75) is 0 Å². The van der Waals surface area contributed by atoms with E-state index in [1.807, 2.05) is 0 Å². The van der Waals surface area contributed by atoms with Crippen LogP contribution < -0.4 is 0 Å². The molecule has 6 heteroatoms. The van der Waals surface area contributed by atoms with E-state index in [0.717, 1.165) is 0 Å². The molecule has 0 aliphatic heterocycles. The van der Waals surface area contributed by atoms with Crippen molar-refractivity contribution in [2.75, 3.05) is 0 Å². The lowest BCUT2D eigenvalue weighted by Gasteiger charge is -2.27. The molecule has 0 N–H and O–H groups in total. The molecule has 0 aliphatic carbocycles. The summed E-state index contributed by atoms with van der Waals surface area (Å²) in [6, 6.07) is 19.8. The van der Waals surface area contributed by atoms with Gasteiger partial charge in [0.25, 0.3) is 0 Å². The van der Waals surface area contributed by atoms with E-state index in [4.69, 9.17) is 11.0 Å². The normalized spacial score (nSPS) is 15.5. The second-order valence-electron chi connectivity index (χ2n) is 14.6. The molecule has 4 aromatic heterocycles. The maximum Gasteiger partial charge on any atom is 0.237 e. The Morgan fingerprint density at radius 3 is 1.03 bits per heavy atom. The third kappa shape index (κ3) is 4.39. The van der Waals surface area contributed by atoms with Gasteiger partial charge in [-0.25, -0.2) is 4.85 Å². The average molecular weight is 805 g/mol. The van der Waals surface area contributed by atoms with Crippen LogP contribution >= 0.6 is 0 Å². The molecule has 0 unspecified atom stereocenters. The summed E-state index contributed by atoms with van der Waals surface area (Å²) in [4.78, 5) is 4.29. The third-order valence-corrected chi connectivity index (χ3v) is 11.7. The highest BCUT2D eigenvalue weighted by atomic mass is 15.1. The van der Waals surface area contributed by atoms with Crippen LogP contribution in [0, 0.1) is 17.9 Å². The summed E-state index contributed by atoms with van der Waals surface area (Å²) >= 11 is 0. The number of rotatable bonds is 4. The van der Waals surface area contributed by atoms with Crippen LogP contribution in [0.2, 0.25) is 0 Å². The maximum absolute atomic E-state index is 12.4. The molecule has 286 valence electrons. The van der Waals surface area contributed by atoms with Crippen LogP contribution in [0.3, 0.4) is 0 Å². The van der Waals surface area contributed by atoms with Gasteiger partial charge in [-0.15, -0.1) is 0 Å². The van der Waals surface area contributed by atoms with Crippen molar-refractivity contribution in [2.24, 2.45) is 0 Å². The van der Waals surface area contributed by atoms with E-state index in [9.17, 15) is 22.8 Å². The summed E-state index contributed by atoms with van der Waals surface area (Å²) in [6.07, 6.45) is 0. The van der Waals surface area contributed by atoms with Gasteiger partial charge in [0.1, 0.15) is 6.07 Å². The van der Waals surface area contributed by atoms with Gasteiger partial charge in [0.15, 0.2) is 0 Å². The zero-order valence-corrected chi connectivity index (χ0v) is 31.9. The monoisotopic (exact) mass is 804 g/mol. The van der Waals surface area contributed by atoms with Crippen molar-refractivity contribution in [3.8, 4) is 28.8 Å². The van der Waals surface area contributed by atoms with Crippen LogP contribution in [0.25, 0.3) is 115 Å². The molecule has 4 heterocycles. The largest absolute Gasteiger partial charge is 0.318 e. The van der Waals surface area contributed by atoms with Gasteiger partial charge in [0.2, 0.25) is 5.69 Å². The Labute approximate surface area is 377 Å². The molecule has 0 radical (unpaired) electrons. The second-order valence-corrected chi connectivity index (χ2v) is 14.6. The molecule has 0 saturated heterocycles. The summed E-state index contributed by atoms with van der Waals surface area (Å²) < 4.78 is 154. The van der Waals surface area contributed by atoms with Crippen molar-refractivity contribution >= 4 is 92.9 Å². The number of nitriles is 1. The summed E-state index contributed by atoms with van der Waals surface area (Å²) in [5.74, 6) is 0. The fourth-order valence-electron chi connectivity index (χ4n) is 9.36. The van der Waals surface area contributed by atoms with E-state index in [1.165, 1.54) is 18.3 Å². The van der Waals surface area contributed by atoms with Crippen LogP contribution in [0.1, 0.15) is 27.5 Å². The Bertz CT molecular complexity index is 4910. The van der Waals surface area contributed by atoms with Gasteiger partial charge in [-0.2, -0.15) is 5.26 Å². The number of benzene rings is 9. The fourth-order valence-corrected chi connectivity index (χ4v) is 9.36. The highest BCUT2D eigenvalue weighted by Gasteiger charge is 2.34. The third-order valence-electron chi connectivity index (χ3n) is 11.7. The van der Waals surface area contributed by atoms with Crippen molar-refractivity contribution in [1.82, 2.24) is 18.3 Å². The molecule has 0 saturated carbocycles. The lowest BCUT2D eigenvalue weighted by molar-refractivity contribution is 1.03. The first kappa shape index (κ1) is 22.0. The first-order chi connectivity index (χ1) is 37.4. The standard InChI is InChI=1S/C56H32N6/c1-58-52-53(59-44-26-10-2-18-35(44)36-19-3-11-27-45(36)59)43(34-57)54(60-46-28-12-4-20-37(46)38-21-5-13-29-47(38)60)56(62-50-32-16-8-24-41(50)42-25-9-17-33-51(42)62)55(52)61-48-30-14-6-22-39(48)40-23-7-15-31-49(40)61/h2-33H/i2D,4D,6D,8D,10D,12D,14D,16D,18D,20D,22D,24D,26D,28D,30D,32D. The summed E-state index contributed by atoms with van der Waals surface area (Å²) in [5, 5.41) is 13.6. The Morgan fingerprint density at radius 1 is 0.371 bits per heavy atom. The molecule has 0 bridgehead atoms. The first-order valence-corrected chi connectivity index (χ1v) is 19.4. The van der Waals surface area contributed by atoms with E-state index in [1.54, 1.807) is 97.1 Å². The topological polar surface area (TPSA) is 47.9 Å². The molecular weight excluding hydrogens is 757 g/mol. The molecule has 0 amide bonds. The Hall–Kier alpha value is -8.84. The lowest BCUT2D eigenvalue weighted by Crippen LogP contribution is -2.14. The molecule has 0 atom stereocenters. The molecule has 9 aromatic carbocycles. The Morgan fingerprint density at radius 2 is 0.677 bits per heavy atom. The van der Waals surface area contributed by atoms with Crippen molar-refractivity contribution in [3.63, 3.8) is 0 Å². The van der Waals surface area contributed by atoms with Crippen LogP contribution in [-0.2, 0) is 0 Å². The van der Waals surface area contributed by atoms with Gasteiger partial charge >= 0.3 is 0 Å². The first-order valence-electron chi connectivity index (χ1n) is 27.4. The minimum atomic E-state index is -0.655. The lowest BCUT2D eigenvalue weighted by atomic mass is 10.0. The van der Waals surface area contributed by atoms with Crippen LogP contribution in [0.4, 0.5) is 5.69 Å². The number of hydrogen-bond acceptors (Lipinski definition) is 1. The number of hydrogen-bond donors (Lipinski definition) is 0. The van der Waals surface area contributed by atoms with Crippen molar-refractivity contribution < 1.29 is 21.9 Å². The summed E-state index contributed by atoms with van der Waals surface area (Å²) in [5.41, 5.74) is -1.73. The predicted octanol–water partition coefficient (Wildman–Crippen LogP) is 14.5. The van der Waals surface area contributed by atoms with Gasteiger partial charge in [0, 0.05) is 43.1 Å². The number of fused-ring (bicyclic) bond motifs is 12. The van der Waals surface area contributed by atoms with Crippen LogP contribution in [0.5, 0.6) is 0 Å². The van der Waals surface area contributed by atoms with Gasteiger partial charge in [-0.05, 0) is 48.4 Å². The molecule has 0 aliphatic rings. The van der Waals surface area contributed by atoms with Crippen molar-refractivity contribution in [1.29, 1.82) is 5.26 Å². The van der Waals surface area contributed by atoms with E-state index in [0.29, 0.717) is 5.39 Å². The van der Waals surface area contributed by atoms with E-state index < -0.39 is 108 Å². The molecule has 13 rings (SSSR count). The smallest absolute Gasteiger partial charge is 0.237 e. The highest BCUT2D eigenvalue weighted by molar-refractivity contribution is 6.16. The molecule has 0 spiro atoms. The second kappa shape index (κ2) is 12.8. The molecule has 62 heavy (non-hydrogen) atoms. The van der Waals surface area contributed by atoms with Crippen molar-refractivity contribution in [3.05, 3.63) is 211 Å². The predicted molar refractivity (Wildman–Crippen MR) is 255 cm³/mol. The van der Waals surface area contributed by atoms with Gasteiger partial charge in [0.05, 0.1) is 101 Å². The summed E-state index contributed by atoms with van der Waals surface area (Å²) in [6.45, 7) is 9.54. The minimum Gasteiger partial charge on any atom is -0.318 e. The average Bonchev–Trinajstić information content (AvgIpc) is 4.34. The van der Waals surface area contributed by atoms with Gasteiger partial charge in [-0.1, -0.05) is 145 Å². The quantitative estimate of drug-likeness (QED) is 0.163.